The van der Waals surface area contributed by atoms with E-state index in [1.807, 2.05) is 0 Å². The molecular weight excluding hydrogens is 450 g/mol. The van der Waals surface area contributed by atoms with E-state index in [1.165, 1.54) is 41.9 Å². The van der Waals surface area contributed by atoms with Crippen LogP contribution in [0.25, 0.3) is 4.83 Å². The molecule has 0 aliphatic rings. The van der Waals surface area contributed by atoms with E-state index in [1.54, 1.807) is 16.0 Å². The highest BCUT2D eigenvalue weighted by Crippen LogP contribution is 2.16. The van der Waals surface area contributed by atoms with Crippen LogP contribution in [0.1, 0.15) is 16.1 Å². The van der Waals surface area contributed by atoms with Crippen LogP contribution in [0.5, 0.6) is 0 Å². The molecule has 0 aliphatic carbocycles. The fourth-order valence-electron chi connectivity index (χ4n) is 2.46. The van der Waals surface area contributed by atoms with Crippen molar-refractivity contribution in [3.63, 3.8) is 0 Å². The van der Waals surface area contributed by atoms with Crippen molar-refractivity contribution >= 4 is 43.8 Å². The van der Waals surface area contributed by atoms with Gasteiger partial charge in [-0.1, -0.05) is 0 Å². The number of nitrogens with one attached hydrogen (secondary N) is 2. The zero-order valence-electron chi connectivity index (χ0n) is 15.9. The van der Waals surface area contributed by atoms with Crippen molar-refractivity contribution in [2.24, 2.45) is 0 Å². The van der Waals surface area contributed by atoms with Crippen molar-refractivity contribution in [2.45, 2.75) is 6.61 Å². The van der Waals surface area contributed by atoms with Crippen molar-refractivity contribution in [1.82, 2.24) is 19.4 Å². The number of hydrogen-bond donors (Lipinski definition) is 2. The number of hydrogen-bond acceptors (Lipinski definition) is 9. The van der Waals surface area contributed by atoms with E-state index in [0.29, 0.717) is 10.4 Å². The van der Waals surface area contributed by atoms with Crippen LogP contribution in [0.3, 0.4) is 0 Å². The fourth-order valence-corrected chi connectivity index (χ4v) is 4.15. The van der Waals surface area contributed by atoms with Gasteiger partial charge in [-0.3, -0.25) is 19.3 Å². The predicted octanol–water partition coefficient (Wildman–Crippen LogP) is 1.33. The van der Waals surface area contributed by atoms with E-state index in [9.17, 15) is 28.1 Å². The average Bonchev–Trinajstić information content (AvgIpc) is 3.34. The fraction of sp³-hybridized carbons (Fsp3) is 0.235. The van der Waals surface area contributed by atoms with Crippen molar-refractivity contribution in [1.29, 1.82) is 0 Å². The number of nitro groups is 1. The van der Waals surface area contributed by atoms with Gasteiger partial charge in [0.1, 0.15) is 23.5 Å². The maximum Gasteiger partial charge on any atom is 0.407 e. The van der Waals surface area contributed by atoms with Gasteiger partial charge in [0.2, 0.25) is 10.0 Å². The molecule has 0 radical (unpaired) electrons. The van der Waals surface area contributed by atoms with Gasteiger partial charge in [0.25, 0.3) is 5.69 Å². The first-order chi connectivity index (χ1) is 14.7. The number of nitrogens with zero attached hydrogens (tertiary/aromatic N) is 3. The number of ketones is 1. The third-order valence-electron chi connectivity index (χ3n) is 4.02. The molecule has 3 rings (SSSR count). The number of carbonyl (C=O) groups is 2. The molecule has 0 fully saturated rings. The summed E-state index contributed by atoms with van der Waals surface area (Å²) < 4.78 is 32.8. The minimum atomic E-state index is -3.82. The molecule has 14 heteroatoms. The van der Waals surface area contributed by atoms with Crippen LogP contribution < -0.4 is 10.0 Å². The summed E-state index contributed by atoms with van der Waals surface area (Å²) in [7, 11) is -3.82. The number of carbonyl (C=O) groups excluding carboxylic acids is 2. The second-order valence-corrected chi connectivity index (χ2v) is 9.02. The Morgan fingerprint density at radius 3 is 2.71 bits per heavy atom. The largest absolute Gasteiger partial charge is 0.445 e. The lowest BCUT2D eigenvalue weighted by Gasteiger charge is -2.08. The molecule has 0 spiro atoms. The first-order valence-electron chi connectivity index (χ1n) is 8.80. The van der Waals surface area contributed by atoms with Crippen LogP contribution in [-0.4, -0.2) is 53.4 Å². The molecule has 3 aromatic rings. The Morgan fingerprint density at radius 2 is 2.00 bits per heavy atom. The summed E-state index contributed by atoms with van der Waals surface area (Å²) in [6, 6.07) is 5.45. The zero-order chi connectivity index (χ0) is 22.4. The number of fused-ring (bicyclic) bond motifs is 1. The molecule has 0 atom stereocenters. The number of imidazole rings is 1. The first-order valence-corrected chi connectivity index (χ1v) is 11.3. The van der Waals surface area contributed by atoms with E-state index in [2.05, 4.69) is 15.0 Å². The number of rotatable bonds is 10. The summed E-state index contributed by atoms with van der Waals surface area (Å²) in [5.41, 5.74) is 0.635. The van der Waals surface area contributed by atoms with Crippen molar-refractivity contribution < 1.29 is 27.7 Å². The van der Waals surface area contributed by atoms with Crippen LogP contribution >= 0.6 is 11.3 Å². The summed E-state index contributed by atoms with van der Waals surface area (Å²) in [5, 5.41) is 14.7. The molecule has 0 bridgehead atoms. The van der Waals surface area contributed by atoms with Gasteiger partial charge in [-0.15, -0.1) is 11.3 Å². The minimum Gasteiger partial charge on any atom is -0.445 e. The van der Waals surface area contributed by atoms with Gasteiger partial charge in [0.15, 0.2) is 5.78 Å². The van der Waals surface area contributed by atoms with E-state index in [-0.39, 0.29) is 24.5 Å². The van der Waals surface area contributed by atoms with Crippen molar-refractivity contribution in [3.05, 3.63) is 63.5 Å². The van der Waals surface area contributed by atoms with E-state index in [4.69, 9.17) is 4.74 Å². The second-order valence-electron chi connectivity index (χ2n) is 6.20. The number of thiazole rings is 1. The lowest BCUT2D eigenvalue weighted by Crippen LogP contribution is -2.36. The molecule has 0 unspecified atom stereocenters. The number of ether oxygens (including phenoxy) is 1. The molecule has 0 saturated carbocycles. The van der Waals surface area contributed by atoms with Crippen LogP contribution in [0.4, 0.5) is 10.5 Å². The summed E-state index contributed by atoms with van der Waals surface area (Å²) in [6.45, 7) is -0.815. The van der Waals surface area contributed by atoms with Gasteiger partial charge in [-0.25, -0.2) is 22.9 Å². The Kier molecular flexibility index (Phi) is 6.94. The molecule has 1 amide bonds. The number of Topliss-reactive ketones (excluding diaryl/α,β-unsaturated/α-hetero) is 1. The lowest BCUT2D eigenvalue weighted by molar-refractivity contribution is -0.384. The Balaban J connectivity index is 1.38. The van der Waals surface area contributed by atoms with Crippen molar-refractivity contribution in [3.8, 4) is 0 Å². The predicted molar refractivity (Wildman–Crippen MR) is 110 cm³/mol. The monoisotopic (exact) mass is 467 g/mol. The highest BCUT2D eigenvalue weighted by Gasteiger charge is 2.18. The van der Waals surface area contributed by atoms with Crippen LogP contribution in [0.2, 0.25) is 0 Å². The van der Waals surface area contributed by atoms with Gasteiger partial charge in [0.05, 0.1) is 17.2 Å². The number of sulfonamides is 1. The Bertz CT molecular complexity index is 1200. The minimum absolute atomic E-state index is 0.0860. The van der Waals surface area contributed by atoms with Gasteiger partial charge in [-0.05, 0) is 17.7 Å². The molecule has 31 heavy (non-hydrogen) atoms. The van der Waals surface area contributed by atoms with Gasteiger partial charge in [-0.2, -0.15) is 0 Å². The smallest absolute Gasteiger partial charge is 0.407 e. The Hall–Kier alpha value is -3.36. The normalized spacial score (nSPS) is 11.4. The number of amides is 1. The third kappa shape index (κ3) is 6.07. The maximum atomic E-state index is 12.2. The summed E-state index contributed by atoms with van der Waals surface area (Å²) in [4.78, 5) is 38.5. The SMILES string of the molecule is O=C(NCCS(=O)(=O)NCC(=O)c1ncn2ccsc12)OCc1ccc([N+](=O)[O-])cc1. The zero-order valence-corrected chi connectivity index (χ0v) is 17.5. The van der Waals surface area contributed by atoms with E-state index >= 15 is 0 Å². The van der Waals surface area contributed by atoms with Gasteiger partial charge in [0, 0.05) is 30.3 Å². The van der Waals surface area contributed by atoms with Gasteiger partial charge >= 0.3 is 6.09 Å². The molecule has 0 saturated heterocycles. The maximum absolute atomic E-state index is 12.2. The van der Waals surface area contributed by atoms with Crippen LogP contribution in [-0.2, 0) is 21.4 Å². The van der Waals surface area contributed by atoms with E-state index in [0.717, 1.165) is 0 Å². The van der Waals surface area contributed by atoms with Gasteiger partial charge < -0.3 is 10.1 Å². The molecular formula is C17H17N5O7S2. The average molecular weight is 467 g/mol. The Morgan fingerprint density at radius 1 is 1.26 bits per heavy atom. The van der Waals surface area contributed by atoms with Crippen LogP contribution in [0, 0.1) is 10.1 Å². The van der Waals surface area contributed by atoms with Crippen molar-refractivity contribution in [2.75, 3.05) is 18.8 Å². The summed E-state index contributed by atoms with van der Waals surface area (Å²) >= 11 is 1.32. The molecule has 2 heterocycles. The highest BCUT2D eigenvalue weighted by molar-refractivity contribution is 7.89. The number of alkyl carbamates (subject to hydrolysis) is 1. The number of nitro benzene ring substituents is 1. The number of benzene rings is 1. The lowest BCUT2D eigenvalue weighted by atomic mass is 10.2. The summed E-state index contributed by atoms with van der Waals surface area (Å²) in [5.74, 6) is -0.922. The standard InChI is InChI=1S/C17H17N5O7S2/c23-14(15-16-21(11-19-15)6-7-30-16)9-20-31(27,28)8-5-18-17(24)29-10-12-1-3-13(4-2-12)22(25)26/h1-4,6-7,11,20H,5,8-10H2,(H,18,24). The molecule has 2 N–H and O–H groups in total. The Labute approximate surface area is 180 Å². The topological polar surface area (TPSA) is 162 Å². The number of non-ortho nitro benzene ring substituents is 1. The van der Waals surface area contributed by atoms with E-state index < -0.39 is 39.1 Å². The molecule has 2 aromatic heterocycles. The molecule has 1 aromatic carbocycles. The van der Waals surface area contributed by atoms with Crippen LogP contribution in [0.15, 0.2) is 42.2 Å². The number of aromatic nitrogens is 2. The highest BCUT2D eigenvalue weighted by atomic mass is 32.2. The quantitative estimate of drug-likeness (QED) is 0.256. The molecule has 164 valence electrons. The second kappa shape index (κ2) is 9.63. The molecule has 12 nitrogen and oxygen atoms in total. The first kappa shape index (κ1) is 22.3. The summed E-state index contributed by atoms with van der Waals surface area (Å²) in [6.07, 6.45) is 2.36. The third-order valence-corrected chi connectivity index (χ3v) is 6.23. The molecule has 0 aliphatic heterocycles.